The third kappa shape index (κ3) is 3.10. The fourth-order valence-electron chi connectivity index (χ4n) is 2.33. The summed E-state index contributed by atoms with van der Waals surface area (Å²) in [6, 6.07) is 0. The van der Waals surface area contributed by atoms with Gasteiger partial charge in [-0.25, -0.2) is 4.79 Å². The van der Waals surface area contributed by atoms with E-state index < -0.39 is 0 Å². The summed E-state index contributed by atoms with van der Waals surface area (Å²) in [7, 11) is 0. The standard InChI is InChI=1S/C14H24O2/c1-10(2)13(15)16-12-7-6-8-14(5,9-12)11(3)4/h11-12H,1,6-9H2,2-5H3. The first-order chi connectivity index (χ1) is 7.35. The molecule has 2 nitrogen and oxygen atoms in total. The van der Waals surface area contributed by atoms with Gasteiger partial charge >= 0.3 is 5.97 Å². The van der Waals surface area contributed by atoms with E-state index in [4.69, 9.17) is 4.74 Å². The fourth-order valence-corrected chi connectivity index (χ4v) is 2.33. The highest BCUT2D eigenvalue weighted by Gasteiger charge is 2.36. The van der Waals surface area contributed by atoms with Gasteiger partial charge in [0.15, 0.2) is 0 Å². The maximum absolute atomic E-state index is 11.5. The van der Waals surface area contributed by atoms with E-state index in [2.05, 4.69) is 27.4 Å². The Labute approximate surface area is 99.1 Å². The summed E-state index contributed by atoms with van der Waals surface area (Å²) in [6.07, 6.45) is 4.48. The molecule has 1 aliphatic carbocycles. The van der Waals surface area contributed by atoms with Crippen molar-refractivity contribution in [3.05, 3.63) is 12.2 Å². The Hall–Kier alpha value is -0.790. The van der Waals surface area contributed by atoms with Crippen LogP contribution >= 0.6 is 0 Å². The molecule has 92 valence electrons. The maximum atomic E-state index is 11.5. The summed E-state index contributed by atoms with van der Waals surface area (Å²) in [5.41, 5.74) is 0.815. The quantitative estimate of drug-likeness (QED) is 0.539. The van der Waals surface area contributed by atoms with Gasteiger partial charge in [-0.2, -0.15) is 0 Å². The molecular weight excluding hydrogens is 200 g/mol. The molecule has 0 N–H and O–H groups in total. The lowest BCUT2D eigenvalue weighted by molar-refractivity contribution is -0.148. The van der Waals surface area contributed by atoms with Crippen molar-refractivity contribution in [3.8, 4) is 0 Å². The van der Waals surface area contributed by atoms with Crippen LogP contribution in [-0.4, -0.2) is 12.1 Å². The van der Waals surface area contributed by atoms with Gasteiger partial charge in [-0.3, -0.25) is 0 Å². The second-order valence-corrected chi connectivity index (χ2v) is 5.71. The zero-order chi connectivity index (χ0) is 12.3. The maximum Gasteiger partial charge on any atom is 0.333 e. The largest absolute Gasteiger partial charge is 0.459 e. The van der Waals surface area contributed by atoms with E-state index in [1.165, 1.54) is 6.42 Å². The predicted molar refractivity (Wildman–Crippen MR) is 66.1 cm³/mol. The molecule has 0 saturated heterocycles. The Kier molecular flexibility index (Phi) is 4.17. The van der Waals surface area contributed by atoms with Crippen LogP contribution in [0.3, 0.4) is 0 Å². The van der Waals surface area contributed by atoms with Crippen LogP contribution in [-0.2, 0) is 9.53 Å². The van der Waals surface area contributed by atoms with Crippen LogP contribution in [0.5, 0.6) is 0 Å². The Morgan fingerprint density at radius 2 is 2.12 bits per heavy atom. The van der Waals surface area contributed by atoms with E-state index in [-0.39, 0.29) is 12.1 Å². The number of esters is 1. The summed E-state index contributed by atoms with van der Waals surface area (Å²) in [6.45, 7) is 12.1. The molecule has 0 aromatic carbocycles. The van der Waals surface area contributed by atoms with E-state index in [1.807, 2.05) is 0 Å². The number of ether oxygens (including phenoxy) is 1. The van der Waals surface area contributed by atoms with Crippen molar-refractivity contribution in [1.29, 1.82) is 0 Å². The Bertz CT molecular complexity index is 280. The summed E-state index contributed by atoms with van der Waals surface area (Å²) in [5, 5.41) is 0. The highest BCUT2D eigenvalue weighted by molar-refractivity contribution is 5.87. The van der Waals surface area contributed by atoms with Gasteiger partial charge in [-0.1, -0.05) is 27.4 Å². The number of hydrogen-bond acceptors (Lipinski definition) is 2. The zero-order valence-electron chi connectivity index (χ0n) is 11.0. The average Bonchev–Trinajstić information content (AvgIpc) is 2.17. The van der Waals surface area contributed by atoms with Gasteiger partial charge in [0.1, 0.15) is 6.10 Å². The van der Waals surface area contributed by atoms with Crippen LogP contribution in [0.25, 0.3) is 0 Å². The monoisotopic (exact) mass is 224 g/mol. The Morgan fingerprint density at radius 1 is 1.50 bits per heavy atom. The Morgan fingerprint density at radius 3 is 2.62 bits per heavy atom. The number of carbonyl (C=O) groups excluding carboxylic acids is 1. The van der Waals surface area contributed by atoms with Crippen LogP contribution in [0.15, 0.2) is 12.2 Å². The highest BCUT2D eigenvalue weighted by Crippen LogP contribution is 2.42. The molecule has 0 aliphatic heterocycles. The molecule has 2 atom stereocenters. The van der Waals surface area contributed by atoms with Gasteiger partial charge in [-0.15, -0.1) is 0 Å². The van der Waals surface area contributed by atoms with Crippen molar-refractivity contribution in [2.45, 2.75) is 59.5 Å². The molecule has 1 rings (SSSR count). The summed E-state index contributed by atoms with van der Waals surface area (Å²) < 4.78 is 5.46. The minimum atomic E-state index is -0.238. The second kappa shape index (κ2) is 5.03. The molecule has 0 spiro atoms. The van der Waals surface area contributed by atoms with Crippen molar-refractivity contribution >= 4 is 5.97 Å². The first kappa shape index (κ1) is 13.3. The molecule has 2 unspecified atom stereocenters. The van der Waals surface area contributed by atoms with Crippen LogP contribution in [0, 0.1) is 11.3 Å². The van der Waals surface area contributed by atoms with Crippen molar-refractivity contribution in [2.75, 3.05) is 0 Å². The molecule has 0 aromatic rings. The van der Waals surface area contributed by atoms with Crippen LogP contribution in [0.4, 0.5) is 0 Å². The van der Waals surface area contributed by atoms with E-state index in [0.717, 1.165) is 19.3 Å². The van der Waals surface area contributed by atoms with E-state index >= 15 is 0 Å². The first-order valence-electron chi connectivity index (χ1n) is 6.21. The second-order valence-electron chi connectivity index (χ2n) is 5.71. The molecule has 16 heavy (non-hydrogen) atoms. The average molecular weight is 224 g/mol. The predicted octanol–water partition coefficient (Wildman–Crippen LogP) is 3.71. The molecule has 0 aromatic heterocycles. The molecule has 1 saturated carbocycles. The topological polar surface area (TPSA) is 26.3 Å². The van der Waals surface area contributed by atoms with Gasteiger partial charge in [0.2, 0.25) is 0 Å². The van der Waals surface area contributed by atoms with Crippen LogP contribution in [0.1, 0.15) is 53.4 Å². The lowest BCUT2D eigenvalue weighted by Gasteiger charge is -2.40. The third-order valence-electron chi connectivity index (χ3n) is 3.98. The summed E-state index contributed by atoms with van der Waals surface area (Å²) in [5.74, 6) is 0.400. The molecule has 0 bridgehead atoms. The van der Waals surface area contributed by atoms with Gasteiger partial charge < -0.3 is 4.74 Å². The summed E-state index contributed by atoms with van der Waals surface area (Å²) >= 11 is 0. The highest BCUT2D eigenvalue weighted by atomic mass is 16.5. The minimum absolute atomic E-state index is 0.0883. The normalized spacial score (nSPS) is 30.2. The van der Waals surface area contributed by atoms with Crippen LogP contribution < -0.4 is 0 Å². The lowest BCUT2D eigenvalue weighted by atomic mass is 9.67. The lowest BCUT2D eigenvalue weighted by Crippen LogP contribution is -2.35. The summed E-state index contributed by atoms with van der Waals surface area (Å²) in [4.78, 5) is 11.5. The van der Waals surface area contributed by atoms with E-state index in [1.54, 1.807) is 6.92 Å². The van der Waals surface area contributed by atoms with Crippen LogP contribution in [0.2, 0.25) is 0 Å². The molecular formula is C14H24O2. The fraction of sp³-hybridized carbons (Fsp3) is 0.786. The minimum Gasteiger partial charge on any atom is -0.459 e. The third-order valence-corrected chi connectivity index (χ3v) is 3.98. The molecule has 1 aliphatic rings. The molecule has 0 heterocycles. The van der Waals surface area contributed by atoms with Crippen molar-refractivity contribution in [1.82, 2.24) is 0 Å². The molecule has 0 radical (unpaired) electrons. The number of rotatable bonds is 3. The van der Waals surface area contributed by atoms with E-state index in [0.29, 0.717) is 16.9 Å². The SMILES string of the molecule is C=C(C)C(=O)OC1CCCC(C)(C(C)C)C1. The molecule has 0 amide bonds. The van der Waals surface area contributed by atoms with Gasteiger partial charge in [-0.05, 0) is 43.9 Å². The smallest absolute Gasteiger partial charge is 0.333 e. The van der Waals surface area contributed by atoms with Gasteiger partial charge in [0.05, 0.1) is 0 Å². The van der Waals surface area contributed by atoms with E-state index in [9.17, 15) is 4.79 Å². The van der Waals surface area contributed by atoms with Crippen molar-refractivity contribution < 1.29 is 9.53 Å². The van der Waals surface area contributed by atoms with Gasteiger partial charge in [0.25, 0.3) is 0 Å². The molecule has 2 heteroatoms. The van der Waals surface area contributed by atoms with Crippen molar-refractivity contribution in [2.24, 2.45) is 11.3 Å². The van der Waals surface area contributed by atoms with Gasteiger partial charge in [0, 0.05) is 5.57 Å². The number of hydrogen-bond donors (Lipinski definition) is 0. The Balaban J connectivity index is 2.57. The van der Waals surface area contributed by atoms with Crippen molar-refractivity contribution in [3.63, 3.8) is 0 Å². The zero-order valence-corrected chi connectivity index (χ0v) is 11.0. The first-order valence-corrected chi connectivity index (χ1v) is 6.21. The molecule has 1 fully saturated rings. The number of carbonyl (C=O) groups is 1.